The molecule has 1 aliphatic heterocycles. The molecule has 1 saturated heterocycles. The van der Waals surface area contributed by atoms with Crippen LogP contribution in [-0.2, 0) is 9.47 Å². The lowest BCUT2D eigenvalue weighted by atomic mass is 10.1. The number of fused-ring (bicyclic) bond motifs is 1. The second-order valence-electron chi connectivity index (χ2n) is 4.73. The molecule has 9 nitrogen and oxygen atoms in total. The minimum Gasteiger partial charge on any atom is -0.394 e. The van der Waals surface area contributed by atoms with Crippen molar-refractivity contribution in [2.45, 2.75) is 24.5 Å². The number of ether oxygens (including phenoxy) is 2. The Morgan fingerprint density at radius 2 is 2.24 bits per heavy atom. The van der Waals surface area contributed by atoms with Crippen LogP contribution in [0, 0.1) is 0 Å². The van der Waals surface area contributed by atoms with E-state index in [1.807, 2.05) is 0 Å². The zero-order chi connectivity index (χ0) is 15.0. The van der Waals surface area contributed by atoms with Crippen molar-refractivity contribution in [1.29, 1.82) is 0 Å². The predicted octanol–water partition coefficient (Wildman–Crippen LogP) is -0.866. The number of nitrogens with zero attached hydrogens (tertiary/aromatic N) is 4. The van der Waals surface area contributed by atoms with Gasteiger partial charge in [-0.15, -0.1) is 0 Å². The van der Waals surface area contributed by atoms with Crippen molar-refractivity contribution in [3.8, 4) is 0 Å². The van der Waals surface area contributed by atoms with Gasteiger partial charge in [-0.3, -0.25) is 4.57 Å². The van der Waals surface area contributed by atoms with Crippen LogP contribution >= 0.6 is 0 Å². The highest BCUT2D eigenvalue weighted by Crippen LogP contribution is 2.33. The third-order valence-corrected chi connectivity index (χ3v) is 3.63. The molecular weight excluding hydrogens is 278 g/mol. The van der Waals surface area contributed by atoms with Gasteiger partial charge < -0.3 is 25.0 Å². The third kappa shape index (κ3) is 2.14. The van der Waals surface area contributed by atoms with E-state index in [1.165, 1.54) is 13.4 Å². The van der Waals surface area contributed by atoms with Crippen molar-refractivity contribution >= 4 is 17.0 Å². The normalized spacial score (nSPS) is 29.1. The highest BCUT2D eigenvalue weighted by atomic mass is 16.6. The Hall–Kier alpha value is -1.81. The molecule has 0 aliphatic carbocycles. The summed E-state index contributed by atoms with van der Waals surface area (Å²) in [6.45, 7) is -0.291. The molecule has 3 rings (SSSR count). The summed E-state index contributed by atoms with van der Waals surface area (Å²) in [4.78, 5) is 12.6. The maximum atomic E-state index is 10.1. The fourth-order valence-electron chi connectivity index (χ4n) is 2.57. The quantitative estimate of drug-likeness (QED) is 0.667. The van der Waals surface area contributed by atoms with Crippen LogP contribution in [0.4, 0.5) is 5.82 Å². The van der Waals surface area contributed by atoms with Crippen LogP contribution in [0.15, 0.2) is 12.7 Å². The number of aromatic nitrogens is 4. The molecule has 0 saturated carbocycles. The maximum Gasteiger partial charge on any atom is 0.167 e. The Bertz CT molecular complexity index is 633. The number of hydrogen-bond acceptors (Lipinski definition) is 8. The fraction of sp³-hybridized carbons (Fsp3) is 0.583. The lowest BCUT2D eigenvalue weighted by molar-refractivity contribution is -0.0583. The fourth-order valence-corrected chi connectivity index (χ4v) is 2.57. The molecule has 1 aliphatic rings. The molecule has 0 amide bonds. The van der Waals surface area contributed by atoms with Crippen molar-refractivity contribution in [3.63, 3.8) is 0 Å². The molecule has 0 spiro atoms. The van der Waals surface area contributed by atoms with Crippen molar-refractivity contribution < 1.29 is 19.7 Å². The molecular formula is C12H17N5O4. The molecule has 114 valence electrons. The van der Waals surface area contributed by atoms with E-state index >= 15 is 0 Å². The number of imidazole rings is 1. The van der Waals surface area contributed by atoms with Gasteiger partial charge in [0.1, 0.15) is 30.2 Å². The van der Waals surface area contributed by atoms with E-state index in [9.17, 15) is 10.2 Å². The van der Waals surface area contributed by atoms with Crippen LogP contribution in [-0.4, -0.2) is 68.8 Å². The lowest BCUT2D eigenvalue weighted by Gasteiger charge is -2.19. The Labute approximate surface area is 120 Å². The van der Waals surface area contributed by atoms with Gasteiger partial charge in [0.05, 0.1) is 12.9 Å². The number of aliphatic hydroxyl groups excluding tert-OH is 2. The molecule has 1 fully saturated rings. The average molecular weight is 295 g/mol. The van der Waals surface area contributed by atoms with Crippen LogP contribution < -0.4 is 5.32 Å². The highest BCUT2D eigenvalue weighted by molar-refractivity contribution is 5.82. The minimum absolute atomic E-state index is 0.291. The lowest BCUT2D eigenvalue weighted by Crippen LogP contribution is -2.34. The van der Waals surface area contributed by atoms with Crippen molar-refractivity contribution in [2.24, 2.45) is 0 Å². The van der Waals surface area contributed by atoms with E-state index in [1.54, 1.807) is 17.9 Å². The van der Waals surface area contributed by atoms with E-state index < -0.39 is 24.5 Å². The van der Waals surface area contributed by atoms with Crippen LogP contribution in [0.5, 0.6) is 0 Å². The SMILES string of the molecule is CNc1ncnc2c1ncn2[C@@H]1O[C@H](CO)C(O)C1OC. The van der Waals surface area contributed by atoms with Gasteiger partial charge in [-0.2, -0.15) is 0 Å². The van der Waals surface area contributed by atoms with E-state index in [2.05, 4.69) is 20.3 Å². The summed E-state index contributed by atoms with van der Waals surface area (Å²) in [6.07, 6.45) is 0.113. The van der Waals surface area contributed by atoms with Gasteiger partial charge in [0.15, 0.2) is 17.7 Å². The number of rotatable bonds is 4. The van der Waals surface area contributed by atoms with Gasteiger partial charge in [0.2, 0.25) is 0 Å². The maximum absolute atomic E-state index is 10.1. The Morgan fingerprint density at radius 3 is 2.90 bits per heavy atom. The molecule has 9 heteroatoms. The van der Waals surface area contributed by atoms with Gasteiger partial charge in [0, 0.05) is 14.2 Å². The number of anilines is 1. The smallest absolute Gasteiger partial charge is 0.167 e. The van der Waals surface area contributed by atoms with E-state index in [4.69, 9.17) is 9.47 Å². The molecule has 3 N–H and O–H groups in total. The van der Waals surface area contributed by atoms with Crippen molar-refractivity contribution in [2.75, 3.05) is 26.1 Å². The zero-order valence-electron chi connectivity index (χ0n) is 11.7. The van der Waals surface area contributed by atoms with Gasteiger partial charge in [0.25, 0.3) is 0 Å². The monoisotopic (exact) mass is 295 g/mol. The summed E-state index contributed by atoms with van der Waals surface area (Å²) in [6, 6.07) is 0. The van der Waals surface area contributed by atoms with Crippen LogP contribution in [0.2, 0.25) is 0 Å². The second-order valence-corrected chi connectivity index (χ2v) is 4.73. The zero-order valence-corrected chi connectivity index (χ0v) is 11.7. The second kappa shape index (κ2) is 5.53. The standard InChI is InChI=1S/C12H17N5O4/c1-13-10-7-11(15-4-14-10)17(5-16-7)12-9(20-2)8(19)6(3-18)21-12/h4-6,8-9,12,18-19H,3H2,1-2H3,(H,13,14,15)/t6-,8?,9?,12-/m1/s1. The molecule has 0 aromatic carbocycles. The van der Waals surface area contributed by atoms with Crippen LogP contribution in [0.3, 0.4) is 0 Å². The molecule has 21 heavy (non-hydrogen) atoms. The molecule has 2 unspecified atom stereocenters. The summed E-state index contributed by atoms with van der Waals surface area (Å²) in [5.74, 6) is 0.602. The topological polar surface area (TPSA) is 115 Å². The molecule has 4 atom stereocenters. The minimum atomic E-state index is -0.923. The predicted molar refractivity (Wildman–Crippen MR) is 72.7 cm³/mol. The van der Waals surface area contributed by atoms with Crippen LogP contribution in [0.25, 0.3) is 11.2 Å². The Morgan fingerprint density at radius 1 is 1.43 bits per heavy atom. The Balaban J connectivity index is 2.04. The van der Waals surface area contributed by atoms with Gasteiger partial charge in [-0.25, -0.2) is 15.0 Å². The molecule has 0 bridgehead atoms. The number of hydrogen-bond donors (Lipinski definition) is 3. The highest BCUT2D eigenvalue weighted by Gasteiger charge is 2.45. The first-order valence-corrected chi connectivity index (χ1v) is 6.53. The number of methoxy groups -OCH3 is 1. The largest absolute Gasteiger partial charge is 0.394 e. The summed E-state index contributed by atoms with van der Waals surface area (Å²) < 4.78 is 12.6. The Kier molecular flexibility index (Phi) is 3.72. The average Bonchev–Trinajstić information content (AvgIpc) is 3.07. The van der Waals surface area contributed by atoms with Crippen molar-refractivity contribution in [1.82, 2.24) is 19.5 Å². The van der Waals surface area contributed by atoms with Crippen LogP contribution in [0.1, 0.15) is 6.23 Å². The first-order valence-electron chi connectivity index (χ1n) is 6.53. The van der Waals surface area contributed by atoms with Gasteiger partial charge in [-0.1, -0.05) is 0 Å². The summed E-state index contributed by atoms with van der Waals surface area (Å²) in [7, 11) is 3.23. The third-order valence-electron chi connectivity index (χ3n) is 3.63. The first kappa shape index (κ1) is 14.1. The first-order chi connectivity index (χ1) is 10.2. The molecule has 0 radical (unpaired) electrons. The number of nitrogens with one attached hydrogen (secondary N) is 1. The van der Waals surface area contributed by atoms with E-state index in [0.717, 1.165) is 0 Å². The summed E-state index contributed by atoms with van der Waals surface area (Å²) in [5, 5.41) is 22.3. The van der Waals surface area contributed by atoms with Gasteiger partial charge in [-0.05, 0) is 0 Å². The summed E-state index contributed by atoms with van der Waals surface area (Å²) >= 11 is 0. The molecule has 2 aromatic rings. The van der Waals surface area contributed by atoms with Crippen molar-refractivity contribution in [3.05, 3.63) is 12.7 Å². The molecule has 3 heterocycles. The van der Waals surface area contributed by atoms with E-state index in [0.29, 0.717) is 17.0 Å². The van der Waals surface area contributed by atoms with Gasteiger partial charge >= 0.3 is 0 Å². The molecule has 2 aromatic heterocycles. The summed E-state index contributed by atoms with van der Waals surface area (Å²) in [5.41, 5.74) is 1.16. The van der Waals surface area contributed by atoms with E-state index in [-0.39, 0.29) is 6.61 Å². The number of aliphatic hydroxyl groups is 2.